The van der Waals surface area contributed by atoms with E-state index in [0.717, 1.165) is 16.6 Å². The molecular formula is C22H29N5O3S. The highest BCUT2D eigenvalue weighted by Crippen LogP contribution is 2.20. The molecule has 0 bridgehead atoms. The molecule has 8 nitrogen and oxygen atoms in total. The summed E-state index contributed by atoms with van der Waals surface area (Å²) in [6, 6.07) is 7.55. The lowest BCUT2D eigenvalue weighted by molar-refractivity contribution is -0.118. The summed E-state index contributed by atoms with van der Waals surface area (Å²) in [7, 11) is -3.84. The fourth-order valence-corrected chi connectivity index (χ4v) is 4.48. The van der Waals surface area contributed by atoms with Crippen LogP contribution in [0.25, 0.3) is 11.0 Å². The second kappa shape index (κ2) is 9.15. The number of hydrogen-bond donors (Lipinski definition) is 2. The minimum atomic E-state index is -3.84. The average molecular weight is 444 g/mol. The predicted molar refractivity (Wildman–Crippen MR) is 121 cm³/mol. The molecule has 0 aliphatic rings. The van der Waals surface area contributed by atoms with Crippen molar-refractivity contribution in [3.8, 4) is 0 Å². The van der Waals surface area contributed by atoms with Crippen LogP contribution in [0.5, 0.6) is 0 Å². The molecular weight excluding hydrogens is 414 g/mol. The van der Waals surface area contributed by atoms with E-state index in [1.807, 2.05) is 34.6 Å². The van der Waals surface area contributed by atoms with Gasteiger partial charge in [-0.2, -0.15) is 9.82 Å². The van der Waals surface area contributed by atoms with Crippen LogP contribution in [0.15, 0.2) is 47.6 Å². The highest BCUT2D eigenvalue weighted by molar-refractivity contribution is 7.89. The Balaban J connectivity index is 1.81. The van der Waals surface area contributed by atoms with E-state index < -0.39 is 22.0 Å². The number of benzene rings is 1. The Hall–Kier alpha value is -2.78. The molecule has 0 aliphatic heterocycles. The molecule has 166 valence electrons. The quantitative estimate of drug-likeness (QED) is 0.553. The summed E-state index contributed by atoms with van der Waals surface area (Å²) >= 11 is 0. The van der Waals surface area contributed by atoms with Crippen LogP contribution in [0.2, 0.25) is 0 Å². The number of hydrogen-bond acceptors (Lipinski definition) is 5. The standard InChI is InChI=1S/C22H29N5O3S/c1-14(2)10-20(26-31(29,30)19-8-6-16(5)7-9-19)22(28)25-18-11-17-12-24-27(15(3)4)21(17)23-13-18/h6-9,11-15,20,26H,10H2,1-5H3,(H,25,28). The Morgan fingerprint density at radius 2 is 1.77 bits per heavy atom. The summed E-state index contributed by atoms with van der Waals surface area (Å²) in [5.41, 5.74) is 2.18. The van der Waals surface area contributed by atoms with Gasteiger partial charge >= 0.3 is 0 Å². The zero-order valence-electron chi connectivity index (χ0n) is 18.5. The van der Waals surface area contributed by atoms with Gasteiger partial charge in [0.05, 0.1) is 23.0 Å². The van der Waals surface area contributed by atoms with E-state index in [1.165, 1.54) is 12.1 Å². The van der Waals surface area contributed by atoms with Gasteiger partial charge in [-0.15, -0.1) is 0 Å². The molecule has 1 amide bonds. The minimum Gasteiger partial charge on any atom is -0.323 e. The third-order valence-corrected chi connectivity index (χ3v) is 6.33. The van der Waals surface area contributed by atoms with Crippen molar-refractivity contribution >= 4 is 32.7 Å². The smallest absolute Gasteiger partial charge is 0.242 e. The number of amides is 1. The zero-order chi connectivity index (χ0) is 22.8. The monoisotopic (exact) mass is 443 g/mol. The van der Waals surface area contributed by atoms with Crippen LogP contribution in [-0.2, 0) is 14.8 Å². The van der Waals surface area contributed by atoms with E-state index in [0.29, 0.717) is 12.1 Å². The van der Waals surface area contributed by atoms with Gasteiger partial charge < -0.3 is 5.32 Å². The third-order valence-electron chi connectivity index (χ3n) is 4.84. The number of rotatable bonds is 8. The van der Waals surface area contributed by atoms with Crippen molar-refractivity contribution in [2.75, 3.05) is 5.32 Å². The lowest BCUT2D eigenvalue weighted by Gasteiger charge is -2.20. The number of nitrogens with one attached hydrogen (secondary N) is 2. The SMILES string of the molecule is Cc1ccc(S(=O)(=O)NC(CC(C)C)C(=O)Nc2cnc3c(cnn3C(C)C)c2)cc1. The van der Waals surface area contributed by atoms with Gasteiger partial charge in [0.15, 0.2) is 5.65 Å². The second-order valence-electron chi connectivity index (χ2n) is 8.43. The molecule has 1 unspecified atom stereocenters. The molecule has 0 saturated heterocycles. The molecule has 0 spiro atoms. The summed E-state index contributed by atoms with van der Waals surface area (Å²) in [4.78, 5) is 17.5. The van der Waals surface area contributed by atoms with Crippen molar-refractivity contribution in [3.05, 3.63) is 48.3 Å². The van der Waals surface area contributed by atoms with Crippen LogP contribution in [0.3, 0.4) is 0 Å². The first kappa shape index (κ1) is 22.9. The van der Waals surface area contributed by atoms with Crippen molar-refractivity contribution in [2.24, 2.45) is 5.92 Å². The van der Waals surface area contributed by atoms with Crippen molar-refractivity contribution in [1.82, 2.24) is 19.5 Å². The van der Waals surface area contributed by atoms with Crippen molar-refractivity contribution in [1.29, 1.82) is 0 Å². The van der Waals surface area contributed by atoms with Gasteiger partial charge in [-0.25, -0.2) is 18.1 Å². The van der Waals surface area contributed by atoms with Crippen LogP contribution in [0.1, 0.15) is 45.7 Å². The summed E-state index contributed by atoms with van der Waals surface area (Å²) in [5, 5.41) is 7.92. The third kappa shape index (κ3) is 5.48. The molecule has 1 atom stereocenters. The van der Waals surface area contributed by atoms with Crippen LogP contribution < -0.4 is 10.0 Å². The lowest BCUT2D eigenvalue weighted by Crippen LogP contribution is -2.44. The molecule has 0 saturated carbocycles. The fourth-order valence-electron chi connectivity index (χ4n) is 3.27. The van der Waals surface area contributed by atoms with Gasteiger partial charge in [-0.05, 0) is 51.3 Å². The van der Waals surface area contributed by atoms with E-state index in [9.17, 15) is 13.2 Å². The largest absolute Gasteiger partial charge is 0.323 e. The maximum Gasteiger partial charge on any atom is 0.242 e. The molecule has 31 heavy (non-hydrogen) atoms. The van der Waals surface area contributed by atoms with Crippen molar-refractivity contribution in [3.63, 3.8) is 0 Å². The highest BCUT2D eigenvalue weighted by Gasteiger charge is 2.27. The van der Waals surface area contributed by atoms with Crippen LogP contribution in [0.4, 0.5) is 5.69 Å². The Kier molecular flexibility index (Phi) is 6.76. The molecule has 3 aromatic rings. The second-order valence-corrected chi connectivity index (χ2v) is 10.1. The number of sulfonamides is 1. The summed E-state index contributed by atoms with van der Waals surface area (Å²) in [6.07, 6.45) is 3.61. The fraction of sp³-hybridized carbons (Fsp3) is 0.409. The number of pyridine rings is 1. The first-order chi connectivity index (χ1) is 14.6. The number of anilines is 1. The number of carbonyl (C=O) groups is 1. The number of fused-ring (bicyclic) bond motifs is 1. The minimum absolute atomic E-state index is 0.112. The maximum absolute atomic E-state index is 13.0. The van der Waals surface area contributed by atoms with Gasteiger partial charge in [0.1, 0.15) is 6.04 Å². The van der Waals surface area contributed by atoms with E-state index in [-0.39, 0.29) is 16.9 Å². The normalized spacial score (nSPS) is 13.1. The van der Waals surface area contributed by atoms with Gasteiger partial charge in [0.25, 0.3) is 0 Å². The zero-order valence-corrected chi connectivity index (χ0v) is 19.3. The Morgan fingerprint density at radius 3 is 2.39 bits per heavy atom. The Labute approximate surface area is 183 Å². The number of aryl methyl sites for hydroxylation is 1. The first-order valence-electron chi connectivity index (χ1n) is 10.3. The lowest BCUT2D eigenvalue weighted by atomic mass is 10.0. The maximum atomic E-state index is 13.0. The molecule has 0 aliphatic carbocycles. The molecule has 2 heterocycles. The van der Waals surface area contributed by atoms with Crippen LogP contribution >= 0.6 is 0 Å². The summed E-state index contributed by atoms with van der Waals surface area (Å²) < 4.78 is 30.0. The van der Waals surface area contributed by atoms with Gasteiger partial charge in [0, 0.05) is 11.4 Å². The number of aromatic nitrogens is 3. The van der Waals surface area contributed by atoms with Gasteiger partial charge in [0.2, 0.25) is 15.9 Å². The number of carbonyl (C=O) groups excluding carboxylic acids is 1. The predicted octanol–water partition coefficient (Wildman–Crippen LogP) is 3.65. The van der Waals surface area contributed by atoms with Crippen molar-refractivity contribution in [2.45, 2.75) is 58.0 Å². The van der Waals surface area contributed by atoms with Crippen molar-refractivity contribution < 1.29 is 13.2 Å². The molecule has 0 fully saturated rings. The van der Waals surface area contributed by atoms with Crippen LogP contribution in [0, 0.1) is 12.8 Å². The van der Waals surface area contributed by atoms with Gasteiger partial charge in [-0.3, -0.25) is 4.79 Å². The van der Waals surface area contributed by atoms with E-state index in [4.69, 9.17) is 0 Å². The highest BCUT2D eigenvalue weighted by atomic mass is 32.2. The van der Waals surface area contributed by atoms with E-state index in [2.05, 4.69) is 20.1 Å². The van der Waals surface area contributed by atoms with Crippen LogP contribution in [-0.4, -0.2) is 35.1 Å². The average Bonchev–Trinajstić information content (AvgIpc) is 3.10. The first-order valence-corrected chi connectivity index (χ1v) is 11.8. The van der Waals surface area contributed by atoms with E-state index >= 15 is 0 Å². The topological polar surface area (TPSA) is 106 Å². The number of nitrogens with zero attached hydrogens (tertiary/aromatic N) is 3. The van der Waals surface area contributed by atoms with Gasteiger partial charge in [-0.1, -0.05) is 31.5 Å². The Morgan fingerprint density at radius 1 is 1.10 bits per heavy atom. The Bertz CT molecular complexity index is 1170. The summed E-state index contributed by atoms with van der Waals surface area (Å²) in [5.74, 6) is -0.317. The summed E-state index contributed by atoms with van der Waals surface area (Å²) in [6.45, 7) is 9.79. The molecule has 9 heteroatoms. The molecule has 0 radical (unpaired) electrons. The molecule has 2 N–H and O–H groups in total. The molecule has 1 aromatic carbocycles. The molecule has 2 aromatic heterocycles. The van der Waals surface area contributed by atoms with E-state index in [1.54, 1.807) is 35.3 Å². The molecule has 3 rings (SSSR count).